The van der Waals surface area contributed by atoms with Gasteiger partial charge < -0.3 is 20.7 Å². The van der Waals surface area contributed by atoms with E-state index in [1.165, 1.54) is 6.33 Å². The molecule has 0 saturated carbocycles. The van der Waals surface area contributed by atoms with Crippen molar-refractivity contribution in [2.24, 2.45) is 0 Å². The lowest BCUT2D eigenvalue weighted by Crippen LogP contribution is -2.34. The fraction of sp³-hybridized carbons (Fsp3) is 0.500. The highest BCUT2D eigenvalue weighted by atomic mass is 16.5. The fourth-order valence-electron chi connectivity index (χ4n) is 2.62. The average Bonchev–Trinajstić information content (AvgIpc) is 2.94. The summed E-state index contributed by atoms with van der Waals surface area (Å²) in [5.74, 6) is 0.371. The van der Waals surface area contributed by atoms with E-state index in [-0.39, 0.29) is 12.7 Å². The van der Waals surface area contributed by atoms with E-state index in [0.29, 0.717) is 23.4 Å². The zero-order chi connectivity index (χ0) is 13.6. The van der Waals surface area contributed by atoms with Crippen molar-refractivity contribution in [1.82, 2.24) is 14.6 Å². The molecule has 0 radical (unpaired) electrons. The van der Waals surface area contributed by atoms with Crippen LogP contribution in [0.3, 0.4) is 0 Å². The van der Waals surface area contributed by atoms with Crippen molar-refractivity contribution in [1.29, 1.82) is 0 Å². The maximum Gasteiger partial charge on any atom is 0.151 e. The third kappa shape index (κ3) is 1.70. The minimum atomic E-state index is -0.916. The van der Waals surface area contributed by atoms with E-state index in [9.17, 15) is 10.2 Å². The van der Waals surface area contributed by atoms with E-state index in [0.717, 1.165) is 0 Å². The second-order valence-electron chi connectivity index (χ2n) is 4.94. The predicted octanol–water partition coefficient (Wildman–Crippen LogP) is -0.331. The fourth-order valence-corrected chi connectivity index (χ4v) is 2.62. The van der Waals surface area contributed by atoms with Crippen LogP contribution in [0.1, 0.15) is 19.0 Å². The number of rotatable bonds is 2. The van der Waals surface area contributed by atoms with Crippen LogP contribution in [0.4, 0.5) is 5.82 Å². The Kier molecular flexibility index (Phi) is 2.70. The van der Waals surface area contributed by atoms with Gasteiger partial charge in [-0.15, -0.1) is 0 Å². The van der Waals surface area contributed by atoms with Gasteiger partial charge in [-0.3, -0.25) is 0 Å². The van der Waals surface area contributed by atoms with Crippen molar-refractivity contribution in [2.45, 2.75) is 31.2 Å². The summed E-state index contributed by atoms with van der Waals surface area (Å²) in [4.78, 5) is 3.92. The number of nitrogens with two attached hydrogens (primary N) is 1. The quantitative estimate of drug-likeness (QED) is 0.685. The van der Waals surface area contributed by atoms with E-state index in [1.54, 1.807) is 17.5 Å². The number of hydrogen-bond donors (Lipinski definition) is 3. The number of anilines is 1. The number of nitrogen functional groups attached to an aromatic ring is 1. The second kappa shape index (κ2) is 4.16. The van der Waals surface area contributed by atoms with E-state index in [4.69, 9.17) is 10.5 Å². The summed E-state index contributed by atoms with van der Waals surface area (Å²) in [6.45, 7) is 1.67. The predicted molar refractivity (Wildman–Crippen MR) is 67.3 cm³/mol. The highest BCUT2D eigenvalue weighted by Gasteiger charge is 2.47. The van der Waals surface area contributed by atoms with Crippen LogP contribution in [0.5, 0.6) is 0 Å². The lowest BCUT2D eigenvalue weighted by atomic mass is 9.95. The molecule has 0 amide bonds. The lowest BCUT2D eigenvalue weighted by molar-refractivity contribution is -0.0887. The van der Waals surface area contributed by atoms with Crippen LogP contribution in [0.15, 0.2) is 18.5 Å². The molecule has 0 bridgehead atoms. The number of aliphatic hydroxyl groups excluding tert-OH is 2. The van der Waals surface area contributed by atoms with Gasteiger partial charge in [-0.1, -0.05) is 0 Å². The van der Waals surface area contributed by atoms with Crippen LogP contribution in [-0.4, -0.2) is 43.6 Å². The zero-order valence-corrected chi connectivity index (χ0v) is 10.5. The van der Waals surface area contributed by atoms with E-state index < -0.39 is 11.7 Å². The molecule has 0 spiro atoms. The first kappa shape index (κ1) is 12.3. The van der Waals surface area contributed by atoms with Crippen molar-refractivity contribution in [3.8, 4) is 0 Å². The highest BCUT2D eigenvalue weighted by Crippen LogP contribution is 2.39. The van der Waals surface area contributed by atoms with E-state index >= 15 is 0 Å². The zero-order valence-electron chi connectivity index (χ0n) is 10.5. The summed E-state index contributed by atoms with van der Waals surface area (Å²) in [6.07, 6.45) is 0.671. The minimum absolute atomic E-state index is 0.118. The number of fused-ring (bicyclic) bond motifs is 1. The van der Waals surface area contributed by atoms with Gasteiger partial charge in [0.25, 0.3) is 0 Å². The van der Waals surface area contributed by atoms with Crippen LogP contribution in [0, 0.1) is 0 Å². The Morgan fingerprint density at radius 2 is 2.37 bits per heavy atom. The van der Waals surface area contributed by atoms with Gasteiger partial charge in [0, 0.05) is 6.42 Å². The SMILES string of the molecule is CC1(c2ccc3c(N)ncnn23)OC(CO)CC1O. The summed E-state index contributed by atoms with van der Waals surface area (Å²) in [5.41, 5.74) is 6.23. The topological polar surface area (TPSA) is 106 Å². The number of nitrogens with zero attached hydrogens (tertiary/aromatic N) is 3. The molecular formula is C12H16N4O3. The molecule has 4 N–H and O–H groups in total. The molecule has 1 fully saturated rings. The summed E-state index contributed by atoms with van der Waals surface area (Å²) in [6, 6.07) is 3.60. The molecule has 19 heavy (non-hydrogen) atoms. The van der Waals surface area contributed by atoms with E-state index in [1.807, 2.05) is 6.07 Å². The molecule has 7 heteroatoms. The maximum absolute atomic E-state index is 10.2. The first-order valence-electron chi connectivity index (χ1n) is 6.11. The number of aromatic nitrogens is 3. The van der Waals surface area contributed by atoms with Gasteiger partial charge in [-0.2, -0.15) is 5.10 Å². The molecule has 3 rings (SSSR count). The maximum atomic E-state index is 10.2. The van der Waals surface area contributed by atoms with Gasteiger partial charge in [-0.25, -0.2) is 9.50 Å². The molecule has 0 aliphatic carbocycles. The summed E-state index contributed by atoms with van der Waals surface area (Å²) in [5, 5.41) is 23.6. The summed E-state index contributed by atoms with van der Waals surface area (Å²) in [7, 11) is 0. The van der Waals surface area contributed by atoms with Crippen molar-refractivity contribution in [3.05, 3.63) is 24.2 Å². The Morgan fingerprint density at radius 1 is 1.58 bits per heavy atom. The molecule has 2 aromatic rings. The minimum Gasteiger partial charge on any atom is -0.394 e. The van der Waals surface area contributed by atoms with Gasteiger partial charge in [-0.05, 0) is 19.1 Å². The molecule has 1 saturated heterocycles. The van der Waals surface area contributed by atoms with Crippen molar-refractivity contribution in [3.63, 3.8) is 0 Å². The van der Waals surface area contributed by atoms with Gasteiger partial charge in [0.2, 0.25) is 0 Å². The van der Waals surface area contributed by atoms with Crippen molar-refractivity contribution < 1.29 is 14.9 Å². The van der Waals surface area contributed by atoms with Crippen LogP contribution in [0.2, 0.25) is 0 Å². The Hall–Kier alpha value is -1.70. The molecule has 3 atom stereocenters. The standard InChI is InChI=1S/C12H16N4O3/c1-12(10(18)4-7(5-17)19-12)9-3-2-8-11(13)14-6-15-16(8)9/h2-3,6-7,10,17-18H,4-5H2,1H3,(H2,13,14,15). The van der Waals surface area contributed by atoms with Gasteiger partial charge in [0.15, 0.2) is 5.82 Å². The monoisotopic (exact) mass is 264 g/mol. The molecule has 1 aliphatic heterocycles. The summed E-state index contributed by atoms with van der Waals surface area (Å²) >= 11 is 0. The largest absolute Gasteiger partial charge is 0.394 e. The Labute approximate surface area is 109 Å². The van der Waals surface area contributed by atoms with Crippen LogP contribution < -0.4 is 5.73 Å². The molecule has 3 unspecified atom stereocenters. The van der Waals surface area contributed by atoms with Crippen molar-refractivity contribution in [2.75, 3.05) is 12.3 Å². The number of ether oxygens (including phenoxy) is 1. The molecule has 102 valence electrons. The Morgan fingerprint density at radius 3 is 3.05 bits per heavy atom. The first-order chi connectivity index (χ1) is 9.06. The van der Waals surface area contributed by atoms with Gasteiger partial charge in [0.1, 0.15) is 17.4 Å². The smallest absolute Gasteiger partial charge is 0.151 e. The average molecular weight is 264 g/mol. The molecule has 2 aromatic heterocycles. The lowest BCUT2D eigenvalue weighted by Gasteiger charge is -2.27. The molecule has 1 aliphatic rings. The van der Waals surface area contributed by atoms with Crippen LogP contribution >= 0.6 is 0 Å². The molecule has 0 aromatic carbocycles. The second-order valence-corrected chi connectivity index (χ2v) is 4.94. The molecule has 3 heterocycles. The highest BCUT2D eigenvalue weighted by molar-refractivity contribution is 5.65. The van der Waals surface area contributed by atoms with Gasteiger partial charge >= 0.3 is 0 Å². The van der Waals surface area contributed by atoms with Crippen LogP contribution in [-0.2, 0) is 10.3 Å². The Bertz CT molecular complexity index is 614. The van der Waals surface area contributed by atoms with Crippen molar-refractivity contribution >= 4 is 11.3 Å². The normalized spacial score (nSPS) is 31.1. The first-order valence-corrected chi connectivity index (χ1v) is 6.11. The van der Waals surface area contributed by atoms with Gasteiger partial charge in [0.05, 0.1) is 24.5 Å². The van der Waals surface area contributed by atoms with E-state index in [2.05, 4.69) is 10.1 Å². The van der Waals surface area contributed by atoms with Crippen LogP contribution in [0.25, 0.3) is 5.52 Å². The number of hydrogen-bond acceptors (Lipinski definition) is 6. The Balaban J connectivity index is 2.12. The molecule has 7 nitrogen and oxygen atoms in total. The third-order valence-electron chi connectivity index (χ3n) is 3.73. The number of aliphatic hydroxyl groups is 2. The summed E-state index contributed by atoms with van der Waals surface area (Å²) < 4.78 is 7.40. The third-order valence-corrected chi connectivity index (χ3v) is 3.73. The molecular weight excluding hydrogens is 248 g/mol.